The lowest BCUT2D eigenvalue weighted by molar-refractivity contribution is -0.385. The predicted molar refractivity (Wildman–Crippen MR) is 61.8 cm³/mol. The average Bonchev–Trinajstić information content (AvgIpc) is 2.74. The van der Waals surface area contributed by atoms with Gasteiger partial charge in [-0.05, 0) is 0 Å². The second-order valence-electron chi connectivity index (χ2n) is 3.66. The molecular formula is C11H10FN3O3. The molecule has 0 fully saturated rings. The smallest absolute Gasteiger partial charge is 0.311 e. The fourth-order valence-electron chi connectivity index (χ4n) is 1.63. The maximum absolute atomic E-state index is 13.8. The van der Waals surface area contributed by atoms with Gasteiger partial charge in [0.1, 0.15) is 5.82 Å². The molecule has 0 aliphatic heterocycles. The van der Waals surface area contributed by atoms with E-state index in [0.717, 1.165) is 12.1 Å². The van der Waals surface area contributed by atoms with Crippen LogP contribution in [0.3, 0.4) is 0 Å². The van der Waals surface area contributed by atoms with Crippen molar-refractivity contribution in [2.45, 2.75) is 0 Å². The molecule has 7 heteroatoms. The van der Waals surface area contributed by atoms with Crippen molar-refractivity contribution in [3.63, 3.8) is 0 Å². The molecule has 0 saturated carbocycles. The number of nitro groups is 1. The number of halogens is 1. The molecule has 0 atom stereocenters. The van der Waals surface area contributed by atoms with Crippen molar-refractivity contribution >= 4 is 5.69 Å². The Labute approximate surface area is 102 Å². The van der Waals surface area contributed by atoms with Crippen LogP contribution in [0.5, 0.6) is 5.75 Å². The first-order chi connectivity index (χ1) is 8.52. The van der Waals surface area contributed by atoms with Crippen LogP contribution in [-0.2, 0) is 7.05 Å². The topological polar surface area (TPSA) is 70.2 Å². The molecule has 0 bridgehead atoms. The summed E-state index contributed by atoms with van der Waals surface area (Å²) in [5.41, 5.74) is 0.314. The highest BCUT2D eigenvalue weighted by Crippen LogP contribution is 2.34. The highest BCUT2D eigenvalue weighted by molar-refractivity contribution is 5.68. The zero-order valence-corrected chi connectivity index (χ0v) is 9.75. The molecule has 18 heavy (non-hydrogen) atoms. The van der Waals surface area contributed by atoms with Crippen molar-refractivity contribution in [3.8, 4) is 16.9 Å². The number of methoxy groups -OCH3 is 1. The summed E-state index contributed by atoms with van der Waals surface area (Å²) in [4.78, 5) is 10.3. The van der Waals surface area contributed by atoms with Gasteiger partial charge in [0.25, 0.3) is 0 Å². The molecule has 1 heterocycles. The van der Waals surface area contributed by atoms with Crippen LogP contribution >= 0.6 is 0 Å². The van der Waals surface area contributed by atoms with Crippen LogP contribution < -0.4 is 4.74 Å². The zero-order chi connectivity index (χ0) is 13.3. The van der Waals surface area contributed by atoms with Gasteiger partial charge in [0.05, 0.1) is 18.2 Å². The quantitative estimate of drug-likeness (QED) is 0.619. The molecule has 94 valence electrons. The van der Waals surface area contributed by atoms with Crippen LogP contribution in [0, 0.1) is 15.9 Å². The number of ether oxygens (including phenoxy) is 1. The molecular weight excluding hydrogens is 241 g/mol. The third-order valence-electron chi connectivity index (χ3n) is 2.48. The molecule has 0 aliphatic rings. The Bertz CT molecular complexity index is 610. The van der Waals surface area contributed by atoms with Gasteiger partial charge in [-0.2, -0.15) is 5.10 Å². The fraction of sp³-hybridized carbons (Fsp3) is 0.182. The van der Waals surface area contributed by atoms with E-state index in [9.17, 15) is 14.5 Å². The van der Waals surface area contributed by atoms with Crippen LogP contribution in [-0.4, -0.2) is 21.8 Å². The van der Waals surface area contributed by atoms with E-state index < -0.39 is 10.7 Å². The Morgan fingerprint density at radius 3 is 2.72 bits per heavy atom. The highest BCUT2D eigenvalue weighted by atomic mass is 19.1. The summed E-state index contributed by atoms with van der Waals surface area (Å²) < 4.78 is 20.1. The SMILES string of the molecule is COc1cc(F)c(-c2cnn(C)c2)cc1[N+](=O)[O-]. The van der Waals surface area contributed by atoms with Gasteiger partial charge in [-0.25, -0.2) is 4.39 Å². The van der Waals surface area contributed by atoms with Gasteiger partial charge in [-0.3, -0.25) is 14.8 Å². The van der Waals surface area contributed by atoms with Gasteiger partial charge in [-0.1, -0.05) is 0 Å². The number of hydrogen-bond acceptors (Lipinski definition) is 4. The van der Waals surface area contributed by atoms with E-state index in [2.05, 4.69) is 5.10 Å². The minimum Gasteiger partial charge on any atom is -0.490 e. The van der Waals surface area contributed by atoms with E-state index in [1.54, 1.807) is 13.2 Å². The standard InChI is InChI=1S/C11H10FN3O3/c1-14-6-7(5-13-14)8-3-10(15(16)17)11(18-2)4-9(8)12/h3-6H,1-2H3. The zero-order valence-electron chi connectivity index (χ0n) is 9.75. The van der Waals surface area contributed by atoms with Crippen LogP contribution in [0.4, 0.5) is 10.1 Å². The lowest BCUT2D eigenvalue weighted by Crippen LogP contribution is -1.96. The summed E-state index contributed by atoms with van der Waals surface area (Å²) in [6.45, 7) is 0. The van der Waals surface area contributed by atoms with Crippen molar-refractivity contribution < 1.29 is 14.1 Å². The molecule has 0 radical (unpaired) electrons. The lowest BCUT2D eigenvalue weighted by Gasteiger charge is -2.05. The minimum absolute atomic E-state index is 0.106. The predicted octanol–water partition coefficient (Wildman–Crippen LogP) is 2.14. The van der Waals surface area contributed by atoms with E-state index in [1.165, 1.54) is 18.0 Å². The van der Waals surface area contributed by atoms with Crippen LogP contribution in [0.1, 0.15) is 0 Å². The lowest BCUT2D eigenvalue weighted by atomic mass is 10.1. The average molecular weight is 251 g/mol. The molecule has 0 aliphatic carbocycles. The third-order valence-corrected chi connectivity index (χ3v) is 2.48. The minimum atomic E-state index is -0.613. The molecule has 0 amide bonds. The summed E-state index contributed by atoms with van der Waals surface area (Å²) in [7, 11) is 2.94. The van der Waals surface area contributed by atoms with Crippen LogP contribution in [0.25, 0.3) is 11.1 Å². The Morgan fingerprint density at radius 2 is 2.22 bits per heavy atom. The number of benzene rings is 1. The maximum Gasteiger partial charge on any atom is 0.311 e. The highest BCUT2D eigenvalue weighted by Gasteiger charge is 2.20. The second-order valence-corrected chi connectivity index (χ2v) is 3.66. The van der Waals surface area contributed by atoms with E-state index in [0.29, 0.717) is 5.56 Å². The third kappa shape index (κ3) is 2.02. The van der Waals surface area contributed by atoms with Gasteiger partial charge in [-0.15, -0.1) is 0 Å². The second kappa shape index (κ2) is 4.44. The number of rotatable bonds is 3. The summed E-state index contributed by atoms with van der Waals surface area (Å²) in [6, 6.07) is 2.14. The Morgan fingerprint density at radius 1 is 1.50 bits per heavy atom. The van der Waals surface area contributed by atoms with Crippen molar-refractivity contribution in [1.29, 1.82) is 0 Å². The Balaban J connectivity index is 2.62. The van der Waals surface area contributed by atoms with Crippen molar-refractivity contribution in [2.24, 2.45) is 7.05 Å². The molecule has 1 aromatic carbocycles. The molecule has 2 rings (SSSR count). The van der Waals surface area contributed by atoms with E-state index in [4.69, 9.17) is 4.74 Å². The molecule has 0 unspecified atom stereocenters. The van der Waals surface area contributed by atoms with Gasteiger partial charge >= 0.3 is 5.69 Å². The molecule has 2 aromatic rings. The van der Waals surface area contributed by atoms with E-state index in [-0.39, 0.29) is 17.0 Å². The van der Waals surface area contributed by atoms with Gasteiger partial charge in [0.15, 0.2) is 5.75 Å². The van der Waals surface area contributed by atoms with Gasteiger partial charge in [0.2, 0.25) is 0 Å². The first-order valence-corrected chi connectivity index (χ1v) is 5.04. The number of aromatic nitrogens is 2. The summed E-state index contributed by atoms with van der Waals surface area (Å²) in [6.07, 6.45) is 3.02. The fourth-order valence-corrected chi connectivity index (χ4v) is 1.63. The number of hydrogen-bond donors (Lipinski definition) is 0. The van der Waals surface area contributed by atoms with Gasteiger partial charge < -0.3 is 4.74 Å². The summed E-state index contributed by atoms with van der Waals surface area (Å²) in [5.74, 6) is -0.699. The Hall–Kier alpha value is -2.44. The molecule has 6 nitrogen and oxygen atoms in total. The van der Waals surface area contributed by atoms with E-state index in [1.807, 2.05) is 0 Å². The number of nitro benzene ring substituents is 1. The molecule has 0 N–H and O–H groups in total. The largest absolute Gasteiger partial charge is 0.490 e. The number of aryl methyl sites for hydroxylation is 1. The van der Waals surface area contributed by atoms with Crippen molar-refractivity contribution in [3.05, 3.63) is 40.5 Å². The van der Waals surface area contributed by atoms with Crippen molar-refractivity contribution in [1.82, 2.24) is 9.78 Å². The number of nitrogens with zero attached hydrogens (tertiary/aromatic N) is 3. The molecule has 1 aromatic heterocycles. The van der Waals surface area contributed by atoms with E-state index >= 15 is 0 Å². The Kier molecular flexibility index (Phi) is 2.97. The summed E-state index contributed by atoms with van der Waals surface area (Å²) >= 11 is 0. The van der Waals surface area contributed by atoms with Gasteiger partial charge in [0, 0.05) is 36.5 Å². The normalized spacial score (nSPS) is 10.4. The first-order valence-electron chi connectivity index (χ1n) is 5.04. The summed E-state index contributed by atoms with van der Waals surface area (Å²) in [5, 5.41) is 14.8. The van der Waals surface area contributed by atoms with Crippen molar-refractivity contribution in [2.75, 3.05) is 7.11 Å². The van der Waals surface area contributed by atoms with Crippen LogP contribution in [0.15, 0.2) is 24.5 Å². The molecule has 0 spiro atoms. The monoisotopic (exact) mass is 251 g/mol. The first kappa shape index (κ1) is 12.0. The molecule has 0 saturated heterocycles. The maximum atomic E-state index is 13.8. The van der Waals surface area contributed by atoms with Crippen LogP contribution in [0.2, 0.25) is 0 Å².